The van der Waals surface area contributed by atoms with Crippen LogP contribution in [0.2, 0.25) is 0 Å². The van der Waals surface area contributed by atoms with Crippen molar-refractivity contribution < 1.29 is 13.9 Å². The van der Waals surface area contributed by atoms with Gasteiger partial charge < -0.3 is 9.15 Å². The Morgan fingerprint density at radius 1 is 1.26 bits per heavy atom. The van der Waals surface area contributed by atoms with E-state index in [1.54, 1.807) is 6.26 Å². The van der Waals surface area contributed by atoms with E-state index >= 15 is 0 Å². The summed E-state index contributed by atoms with van der Waals surface area (Å²) >= 11 is 0. The zero-order valence-corrected chi connectivity index (χ0v) is 11.3. The van der Waals surface area contributed by atoms with Crippen LogP contribution in [0.4, 0.5) is 0 Å². The second kappa shape index (κ2) is 5.47. The molecule has 1 saturated heterocycles. The molecule has 2 fully saturated rings. The molecule has 0 spiro atoms. The summed E-state index contributed by atoms with van der Waals surface area (Å²) in [4.78, 5) is 15.1. The Labute approximate surface area is 113 Å². The van der Waals surface area contributed by atoms with Gasteiger partial charge in [0.1, 0.15) is 5.76 Å². The minimum atomic E-state index is -0.253. The highest BCUT2D eigenvalue weighted by Gasteiger charge is 2.45. The van der Waals surface area contributed by atoms with Crippen molar-refractivity contribution in [2.24, 2.45) is 0 Å². The molecule has 2 aliphatic rings. The molecule has 0 amide bonds. The van der Waals surface area contributed by atoms with Crippen LogP contribution in [0.5, 0.6) is 0 Å². The number of ether oxygens (including phenoxy) is 1. The quantitative estimate of drug-likeness (QED) is 0.833. The molecule has 1 aliphatic heterocycles. The average molecular weight is 263 g/mol. The molecule has 1 aromatic heterocycles. The molecule has 0 bridgehead atoms. The third kappa shape index (κ3) is 2.47. The molecule has 1 aromatic rings. The van der Waals surface area contributed by atoms with Gasteiger partial charge in [-0.1, -0.05) is 12.8 Å². The zero-order valence-electron chi connectivity index (χ0n) is 11.3. The van der Waals surface area contributed by atoms with E-state index in [0.717, 1.165) is 57.7 Å². The fourth-order valence-corrected chi connectivity index (χ4v) is 3.46. The monoisotopic (exact) mass is 263 g/mol. The van der Waals surface area contributed by atoms with Gasteiger partial charge in [0.15, 0.2) is 5.78 Å². The fourth-order valence-electron chi connectivity index (χ4n) is 3.46. The molecule has 4 nitrogen and oxygen atoms in total. The second-order valence-corrected chi connectivity index (χ2v) is 5.52. The van der Waals surface area contributed by atoms with E-state index in [2.05, 4.69) is 4.90 Å². The van der Waals surface area contributed by atoms with Crippen LogP contribution in [-0.4, -0.2) is 42.5 Å². The van der Waals surface area contributed by atoms with E-state index in [1.165, 1.54) is 0 Å². The van der Waals surface area contributed by atoms with Crippen LogP contribution >= 0.6 is 0 Å². The van der Waals surface area contributed by atoms with E-state index in [-0.39, 0.29) is 5.54 Å². The van der Waals surface area contributed by atoms with Crippen molar-refractivity contribution in [3.05, 3.63) is 24.2 Å². The Bertz CT molecular complexity index is 415. The Morgan fingerprint density at radius 2 is 2.00 bits per heavy atom. The third-order valence-electron chi connectivity index (χ3n) is 4.48. The summed E-state index contributed by atoms with van der Waals surface area (Å²) in [5.74, 6) is 1.10. The van der Waals surface area contributed by atoms with Gasteiger partial charge in [-0.3, -0.25) is 9.69 Å². The van der Waals surface area contributed by atoms with Gasteiger partial charge in [0, 0.05) is 13.1 Å². The number of ketones is 1. The second-order valence-electron chi connectivity index (χ2n) is 5.52. The number of rotatable bonds is 4. The lowest BCUT2D eigenvalue weighted by Gasteiger charge is -2.42. The molecular formula is C15H21NO3. The lowest BCUT2D eigenvalue weighted by Crippen LogP contribution is -2.57. The third-order valence-corrected chi connectivity index (χ3v) is 4.48. The summed E-state index contributed by atoms with van der Waals surface area (Å²) in [5.41, 5.74) is -0.253. The number of furan rings is 1. The number of Topliss-reactive ketones (excluding diaryl/α,β-unsaturated/α-hetero) is 1. The maximum Gasteiger partial charge on any atom is 0.160 e. The Kier molecular flexibility index (Phi) is 3.71. The molecule has 0 N–H and O–H groups in total. The van der Waals surface area contributed by atoms with Crippen molar-refractivity contribution in [1.29, 1.82) is 0 Å². The molecule has 2 heterocycles. The topological polar surface area (TPSA) is 42.7 Å². The van der Waals surface area contributed by atoms with Gasteiger partial charge in [0.05, 0.1) is 31.4 Å². The lowest BCUT2D eigenvalue weighted by atomic mass is 9.87. The number of morpholine rings is 1. The average Bonchev–Trinajstić information content (AvgIpc) is 3.11. The number of nitrogens with zero attached hydrogens (tertiary/aromatic N) is 1. The lowest BCUT2D eigenvalue weighted by molar-refractivity contribution is -0.134. The molecule has 19 heavy (non-hydrogen) atoms. The normalized spacial score (nSPS) is 23.6. The minimum absolute atomic E-state index is 0.253. The molecule has 0 aromatic carbocycles. The first-order valence-electron chi connectivity index (χ1n) is 7.20. The number of hydrogen-bond acceptors (Lipinski definition) is 4. The van der Waals surface area contributed by atoms with E-state index in [4.69, 9.17) is 9.15 Å². The SMILES string of the molecule is O=C(Cc1ccco1)C1(N2CCOCC2)CCCC1. The van der Waals surface area contributed by atoms with Crippen molar-refractivity contribution in [1.82, 2.24) is 4.90 Å². The molecule has 1 saturated carbocycles. The van der Waals surface area contributed by atoms with Crippen LogP contribution in [0.15, 0.2) is 22.8 Å². The largest absolute Gasteiger partial charge is 0.469 e. The van der Waals surface area contributed by atoms with Gasteiger partial charge in [-0.2, -0.15) is 0 Å². The molecule has 1 aliphatic carbocycles. The van der Waals surface area contributed by atoms with Gasteiger partial charge in [0.2, 0.25) is 0 Å². The van der Waals surface area contributed by atoms with Gasteiger partial charge in [-0.05, 0) is 25.0 Å². The fraction of sp³-hybridized carbons (Fsp3) is 0.667. The van der Waals surface area contributed by atoms with Crippen LogP contribution in [0.1, 0.15) is 31.4 Å². The van der Waals surface area contributed by atoms with E-state index in [9.17, 15) is 4.79 Å². The highest BCUT2D eigenvalue weighted by Crippen LogP contribution is 2.37. The number of hydrogen-bond donors (Lipinski definition) is 0. The van der Waals surface area contributed by atoms with E-state index < -0.39 is 0 Å². The molecule has 104 valence electrons. The summed E-state index contributed by atoms with van der Waals surface area (Å²) in [6.45, 7) is 3.25. The van der Waals surface area contributed by atoms with Gasteiger partial charge in [0.25, 0.3) is 0 Å². The van der Waals surface area contributed by atoms with Crippen molar-refractivity contribution in [3.63, 3.8) is 0 Å². The number of carbonyl (C=O) groups is 1. The summed E-state index contributed by atoms with van der Waals surface area (Å²) in [6, 6.07) is 3.73. The maximum absolute atomic E-state index is 12.8. The van der Waals surface area contributed by atoms with Gasteiger partial charge in [-0.25, -0.2) is 0 Å². The van der Waals surface area contributed by atoms with Gasteiger partial charge in [-0.15, -0.1) is 0 Å². The van der Waals surface area contributed by atoms with E-state index in [1.807, 2.05) is 12.1 Å². The minimum Gasteiger partial charge on any atom is -0.469 e. The summed E-state index contributed by atoms with van der Waals surface area (Å²) in [6.07, 6.45) is 6.35. The van der Waals surface area contributed by atoms with Crippen LogP contribution < -0.4 is 0 Å². The Balaban J connectivity index is 1.77. The Morgan fingerprint density at radius 3 is 2.63 bits per heavy atom. The van der Waals surface area contributed by atoms with Crippen molar-refractivity contribution in [3.8, 4) is 0 Å². The van der Waals surface area contributed by atoms with E-state index in [0.29, 0.717) is 12.2 Å². The van der Waals surface area contributed by atoms with Crippen LogP contribution in [0.25, 0.3) is 0 Å². The summed E-state index contributed by atoms with van der Waals surface area (Å²) in [5, 5.41) is 0. The maximum atomic E-state index is 12.8. The Hall–Kier alpha value is -1.13. The smallest absolute Gasteiger partial charge is 0.160 e. The summed E-state index contributed by atoms with van der Waals surface area (Å²) < 4.78 is 10.8. The predicted octanol–water partition coefficient (Wildman–Crippen LogP) is 2.04. The first-order valence-corrected chi connectivity index (χ1v) is 7.20. The highest BCUT2D eigenvalue weighted by molar-refractivity contribution is 5.90. The zero-order chi connectivity index (χ0) is 13.1. The molecule has 4 heteroatoms. The van der Waals surface area contributed by atoms with Crippen LogP contribution in [0, 0.1) is 0 Å². The standard InChI is InChI=1S/C15H21NO3/c17-14(12-13-4-3-9-19-13)15(5-1-2-6-15)16-7-10-18-11-8-16/h3-4,9H,1-2,5-8,10-12H2. The molecule has 0 atom stereocenters. The first-order chi connectivity index (χ1) is 9.31. The van der Waals surface area contributed by atoms with Crippen molar-refractivity contribution >= 4 is 5.78 Å². The molecule has 0 unspecified atom stereocenters. The molecular weight excluding hydrogens is 242 g/mol. The van der Waals surface area contributed by atoms with Gasteiger partial charge >= 0.3 is 0 Å². The number of carbonyl (C=O) groups excluding carboxylic acids is 1. The molecule has 3 rings (SSSR count). The van der Waals surface area contributed by atoms with Crippen molar-refractivity contribution in [2.75, 3.05) is 26.3 Å². The predicted molar refractivity (Wildman–Crippen MR) is 71.0 cm³/mol. The van der Waals surface area contributed by atoms with Crippen LogP contribution in [-0.2, 0) is 16.0 Å². The highest BCUT2D eigenvalue weighted by atomic mass is 16.5. The summed E-state index contributed by atoms with van der Waals surface area (Å²) in [7, 11) is 0. The van der Waals surface area contributed by atoms with Crippen molar-refractivity contribution in [2.45, 2.75) is 37.6 Å². The first kappa shape index (κ1) is 12.9. The van der Waals surface area contributed by atoms with Crippen LogP contribution in [0.3, 0.4) is 0 Å². The molecule has 0 radical (unpaired) electrons.